The summed E-state index contributed by atoms with van der Waals surface area (Å²) >= 11 is 11.9. The predicted molar refractivity (Wildman–Crippen MR) is 143 cm³/mol. The third kappa shape index (κ3) is 8.01. The summed E-state index contributed by atoms with van der Waals surface area (Å²) in [6, 6.07) is 5.45. The summed E-state index contributed by atoms with van der Waals surface area (Å²) in [5.41, 5.74) is 1.16. The average molecular weight is 550 g/mol. The molecule has 0 spiro atoms. The van der Waals surface area contributed by atoms with Crippen molar-refractivity contribution in [1.82, 2.24) is 25.4 Å². The largest absolute Gasteiger partial charge is 0.494 e. The summed E-state index contributed by atoms with van der Waals surface area (Å²) in [5.74, 6) is -1.63. The van der Waals surface area contributed by atoms with E-state index in [0.29, 0.717) is 22.4 Å². The molecule has 1 aromatic carbocycles. The molecule has 3 aromatic rings. The van der Waals surface area contributed by atoms with Crippen LogP contribution in [-0.4, -0.2) is 58.5 Å². The van der Waals surface area contributed by atoms with E-state index in [1.165, 1.54) is 43.9 Å². The van der Waals surface area contributed by atoms with E-state index in [-0.39, 0.29) is 27.6 Å². The van der Waals surface area contributed by atoms with E-state index >= 15 is 0 Å². The lowest BCUT2D eigenvalue weighted by molar-refractivity contribution is -0.139. The monoisotopic (exact) mass is 549 g/mol. The maximum Gasteiger partial charge on any atom is 0.326 e. The number of aryl methyl sites for hydroxylation is 1. The minimum atomic E-state index is -1.24. The second-order valence-corrected chi connectivity index (χ2v) is 8.68. The molecule has 37 heavy (non-hydrogen) atoms. The number of nitrogens with zero attached hydrogens (tertiary/aromatic N) is 3. The van der Waals surface area contributed by atoms with Crippen LogP contribution >= 0.6 is 23.2 Å². The Morgan fingerprint density at radius 1 is 1.14 bits per heavy atom. The first-order valence-electron chi connectivity index (χ1n) is 11.3. The minimum Gasteiger partial charge on any atom is -0.494 e. The van der Waals surface area contributed by atoms with Crippen molar-refractivity contribution in [3.05, 3.63) is 74.4 Å². The number of carboxylic acids is 1. The molecule has 2 aromatic heterocycles. The third-order valence-electron chi connectivity index (χ3n) is 5.19. The molecule has 2 heterocycles. The maximum absolute atomic E-state index is 12.5. The molecular weight excluding hydrogens is 521 g/mol. The standard InChI is InChI=1S/C21H18Cl2N4O5.C4H11N/c1-27-20(29)17(16(32-2)10-25-27)12-5-3-11(4-6-12)7-15(21(30)31)26-19(28)18-13(22)8-24-9-14(18)23;1-3-4-5-2/h3-6,8-10,15H,7H2,1-2H3,(H,26,28)(H,30,31);5H,3-4H2,1-2H3. The van der Waals surface area contributed by atoms with E-state index in [2.05, 4.69) is 27.6 Å². The number of hydrogen-bond donors (Lipinski definition) is 3. The number of carboxylic acid groups (broad SMARTS) is 1. The summed E-state index contributed by atoms with van der Waals surface area (Å²) in [5, 5.41) is 19.0. The van der Waals surface area contributed by atoms with Gasteiger partial charge in [0.15, 0.2) is 5.75 Å². The number of amides is 1. The Hall–Kier alpha value is -3.47. The summed E-state index contributed by atoms with van der Waals surface area (Å²) in [4.78, 5) is 40.5. The van der Waals surface area contributed by atoms with E-state index in [1.807, 2.05) is 7.05 Å². The van der Waals surface area contributed by atoms with Gasteiger partial charge in [0.2, 0.25) is 0 Å². The van der Waals surface area contributed by atoms with Crippen molar-refractivity contribution in [3.8, 4) is 16.9 Å². The third-order valence-corrected chi connectivity index (χ3v) is 5.76. The van der Waals surface area contributed by atoms with Gasteiger partial charge in [0, 0.05) is 25.9 Å². The normalized spacial score (nSPS) is 11.2. The van der Waals surface area contributed by atoms with E-state index in [1.54, 1.807) is 24.3 Å². The molecule has 1 amide bonds. The number of carbonyl (C=O) groups excluding carboxylic acids is 1. The van der Waals surface area contributed by atoms with Crippen LogP contribution in [-0.2, 0) is 18.3 Å². The summed E-state index contributed by atoms with van der Waals surface area (Å²) < 4.78 is 6.43. The highest BCUT2D eigenvalue weighted by Crippen LogP contribution is 2.26. The van der Waals surface area contributed by atoms with Crippen LogP contribution in [0.25, 0.3) is 11.1 Å². The molecule has 0 bridgehead atoms. The van der Waals surface area contributed by atoms with Crippen LogP contribution in [0.3, 0.4) is 0 Å². The smallest absolute Gasteiger partial charge is 0.326 e. The summed E-state index contributed by atoms with van der Waals surface area (Å²) in [6.07, 6.45) is 5.16. The number of rotatable bonds is 9. The molecule has 0 saturated heterocycles. The fraction of sp³-hybridized carbons (Fsp3) is 0.320. The molecule has 3 rings (SSSR count). The molecule has 0 aliphatic heterocycles. The number of carbonyl (C=O) groups is 2. The molecule has 0 radical (unpaired) electrons. The van der Waals surface area contributed by atoms with Crippen LogP contribution in [0.4, 0.5) is 0 Å². The number of nitrogens with one attached hydrogen (secondary N) is 2. The molecular formula is C25H29Cl2N5O5. The molecule has 1 unspecified atom stereocenters. The highest BCUT2D eigenvalue weighted by Gasteiger charge is 2.24. The number of pyridine rings is 1. The quantitative estimate of drug-likeness (QED) is 0.370. The maximum atomic E-state index is 12.5. The first-order chi connectivity index (χ1) is 17.6. The van der Waals surface area contributed by atoms with E-state index in [9.17, 15) is 19.5 Å². The Labute approximate surface area is 224 Å². The molecule has 0 aliphatic rings. The molecule has 12 heteroatoms. The van der Waals surface area contributed by atoms with E-state index in [0.717, 1.165) is 6.54 Å². The summed E-state index contributed by atoms with van der Waals surface area (Å²) in [6.45, 7) is 3.29. The van der Waals surface area contributed by atoms with Crippen molar-refractivity contribution >= 4 is 35.1 Å². The minimum absolute atomic E-state index is 0.00678. The number of hydrogen-bond acceptors (Lipinski definition) is 7. The van der Waals surface area contributed by atoms with Gasteiger partial charge in [0.05, 0.1) is 34.5 Å². The lowest BCUT2D eigenvalue weighted by Gasteiger charge is -2.16. The van der Waals surface area contributed by atoms with Gasteiger partial charge in [0.1, 0.15) is 6.04 Å². The van der Waals surface area contributed by atoms with Gasteiger partial charge in [0.25, 0.3) is 11.5 Å². The molecule has 0 fully saturated rings. The second-order valence-electron chi connectivity index (χ2n) is 7.86. The van der Waals surface area contributed by atoms with E-state index < -0.39 is 17.9 Å². The van der Waals surface area contributed by atoms with Crippen LogP contribution in [0.2, 0.25) is 10.0 Å². The Balaban J connectivity index is 0.000000877. The Kier molecular flexibility index (Phi) is 11.5. The Bertz CT molecular complexity index is 1260. The van der Waals surface area contributed by atoms with Crippen LogP contribution < -0.4 is 20.9 Å². The molecule has 198 valence electrons. The fourth-order valence-electron chi connectivity index (χ4n) is 3.30. The fourth-order valence-corrected chi connectivity index (χ4v) is 3.83. The molecule has 0 aliphatic carbocycles. The van der Waals surface area contributed by atoms with Gasteiger partial charge in [-0.25, -0.2) is 9.48 Å². The van der Waals surface area contributed by atoms with Gasteiger partial charge in [-0.1, -0.05) is 54.4 Å². The molecule has 3 N–H and O–H groups in total. The zero-order valence-electron chi connectivity index (χ0n) is 20.9. The lowest BCUT2D eigenvalue weighted by Crippen LogP contribution is -2.42. The van der Waals surface area contributed by atoms with Crippen molar-refractivity contribution in [3.63, 3.8) is 0 Å². The SMILES string of the molecule is CCCNC.COc1cnn(C)c(=O)c1-c1ccc(CC(NC(=O)c2c(Cl)cncc2Cl)C(=O)O)cc1. The van der Waals surface area contributed by atoms with Crippen LogP contribution in [0, 0.1) is 0 Å². The van der Waals surface area contributed by atoms with Gasteiger partial charge in [-0.3, -0.25) is 14.6 Å². The Morgan fingerprint density at radius 3 is 2.24 bits per heavy atom. The van der Waals surface area contributed by atoms with Gasteiger partial charge in [-0.05, 0) is 31.1 Å². The Morgan fingerprint density at radius 2 is 1.76 bits per heavy atom. The number of benzene rings is 1. The predicted octanol–water partition coefficient (Wildman–Crippen LogP) is 3.20. The number of aliphatic carboxylic acids is 1. The first-order valence-corrected chi connectivity index (χ1v) is 12.1. The first kappa shape index (κ1) is 29.8. The number of aromatic nitrogens is 3. The lowest BCUT2D eigenvalue weighted by atomic mass is 10.0. The summed E-state index contributed by atoms with van der Waals surface area (Å²) in [7, 11) is 4.93. The number of ether oxygens (including phenoxy) is 1. The van der Waals surface area contributed by atoms with Crippen molar-refractivity contribution < 1.29 is 19.4 Å². The average Bonchev–Trinajstić information content (AvgIpc) is 2.86. The van der Waals surface area contributed by atoms with Gasteiger partial charge in [-0.2, -0.15) is 5.10 Å². The topological polar surface area (TPSA) is 135 Å². The van der Waals surface area contributed by atoms with Crippen LogP contribution in [0.1, 0.15) is 29.3 Å². The van der Waals surface area contributed by atoms with Crippen molar-refractivity contribution in [2.75, 3.05) is 20.7 Å². The molecule has 0 saturated carbocycles. The zero-order valence-corrected chi connectivity index (χ0v) is 22.4. The highest BCUT2D eigenvalue weighted by molar-refractivity contribution is 6.39. The van der Waals surface area contributed by atoms with Crippen molar-refractivity contribution in [2.45, 2.75) is 25.8 Å². The number of methoxy groups -OCH3 is 1. The highest BCUT2D eigenvalue weighted by atomic mass is 35.5. The van der Waals surface area contributed by atoms with Gasteiger partial charge in [-0.15, -0.1) is 0 Å². The van der Waals surface area contributed by atoms with Crippen molar-refractivity contribution in [1.29, 1.82) is 0 Å². The second kappa shape index (κ2) is 14.3. The molecule has 1 atom stereocenters. The zero-order chi connectivity index (χ0) is 27.5. The molecule has 10 nitrogen and oxygen atoms in total. The van der Waals surface area contributed by atoms with E-state index in [4.69, 9.17) is 27.9 Å². The van der Waals surface area contributed by atoms with Gasteiger partial charge < -0.3 is 20.5 Å². The van der Waals surface area contributed by atoms with Gasteiger partial charge >= 0.3 is 5.97 Å². The van der Waals surface area contributed by atoms with Crippen LogP contribution in [0.5, 0.6) is 5.75 Å². The van der Waals surface area contributed by atoms with Crippen LogP contribution in [0.15, 0.2) is 47.7 Å². The van der Waals surface area contributed by atoms with Crippen molar-refractivity contribution in [2.24, 2.45) is 7.05 Å². The number of halogens is 2.